The van der Waals surface area contributed by atoms with Crippen molar-refractivity contribution in [2.24, 2.45) is 10.9 Å². The van der Waals surface area contributed by atoms with Crippen molar-refractivity contribution in [2.45, 2.75) is 38.8 Å². The smallest absolute Gasteiger partial charge is 0.435 e. The molecule has 1 unspecified atom stereocenters. The van der Waals surface area contributed by atoms with Crippen molar-refractivity contribution in [3.05, 3.63) is 29.8 Å². The molecule has 1 atom stereocenters. The summed E-state index contributed by atoms with van der Waals surface area (Å²) in [4.78, 5) is 55.1. The Kier molecular flexibility index (Phi) is 9.01. The van der Waals surface area contributed by atoms with Crippen LogP contribution in [-0.4, -0.2) is 74.1 Å². The molecule has 4 N–H and O–H groups in total. The Bertz CT molecular complexity index is 899. The van der Waals surface area contributed by atoms with Crippen LogP contribution in [0.3, 0.4) is 0 Å². The fraction of sp³-hybridized carbons (Fsp3) is 0.476. The fourth-order valence-corrected chi connectivity index (χ4v) is 2.91. The van der Waals surface area contributed by atoms with Gasteiger partial charge in [-0.25, -0.2) is 9.59 Å². The highest BCUT2D eigenvalue weighted by Crippen LogP contribution is 2.22. The molecule has 33 heavy (non-hydrogen) atoms. The molecule has 2 rings (SSSR count). The van der Waals surface area contributed by atoms with Crippen LogP contribution in [0.5, 0.6) is 0 Å². The van der Waals surface area contributed by atoms with Gasteiger partial charge in [-0.2, -0.15) is 0 Å². The number of hydrogen-bond acceptors (Lipinski definition) is 7. The molecule has 0 saturated carbocycles. The first-order valence-electron chi connectivity index (χ1n) is 10.5. The number of carbonyl (C=O) groups is 4. The number of nitrogens with one attached hydrogen (secondary N) is 2. The van der Waals surface area contributed by atoms with Crippen LogP contribution < -0.4 is 21.3 Å². The Morgan fingerprint density at radius 2 is 1.91 bits per heavy atom. The van der Waals surface area contributed by atoms with Gasteiger partial charge in [-0.05, 0) is 44.5 Å². The van der Waals surface area contributed by atoms with E-state index >= 15 is 0 Å². The van der Waals surface area contributed by atoms with Gasteiger partial charge in [0, 0.05) is 38.4 Å². The Balaban J connectivity index is 1.86. The summed E-state index contributed by atoms with van der Waals surface area (Å²) in [5.74, 6) is -0.643. The van der Waals surface area contributed by atoms with Crippen LogP contribution in [-0.2, 0) is 19.2 Å². The van der Waals surface area contributed by atoms with Gasteiger partial charge in [-0.15, -0.1) is 0 Å². The highest BCUT2D eigenvalue weighted by Gasteiger charge is 2.33. The Hall–Kier alpha value is -3.83. The Labute approximate surface area is 192 Å². The first kappa shape index (κ1) is 25.4. The minimum absolute atomic E-state index is 0.0120. The summed E-state index contributed by atoms with van der Waals surface area (Å²) in [7, 11) is 3.04. The van der Waals surface area contributed by atoms with Crippen molar-refractivity contribution in [3.8, 4) is 0 Å². The minimum Gasteiger partial charge on any atom is -0.463 e. The SMILES string of the molecule is CC(C)OC(=O)CCNC(=O)NC1CCN(c2ccc(C(N)=NOC(=O)N(C)C)cc2)C1=O. The fourth-order valence-electron chi connectivity index (χ4n) is 2.91. The predicted molar refractivity (Wildman–Crippen MR) is 120 cm³/mol. The summed E-state index contributed by atoms with van der Waals surface area (Å²) in [6.07, 6.45) is -0.390. The van der Waals surface area contributed by atoms with Crippen molar-refractivity contribution >= 4 is 35.5 Å². The van der Waals surface area contributed by atoms with Crippen LogP contribution in [0.15, 0.2) is 29.4 Å². The molecule has 1 aromatic carbocycles. The zero-order valence-corrected chi connectivity index (χ0v) is 19.2. The zero-order chi connectivity index (χ0) is 24.5. The summed E-state index contributed by atoms with van der Waals surface area (Å²) in [5.41, 5.74) is 6.97. The number of amides is 4. The number of carbonyl (C=O) groups excluding carboxylic acids is 4. The lowest BCUT2D eigenvalue weighted by atomic mass is 10.2. The molecule has 0 aliphatic carbocycles. The van der Waals surface area contributed by atoms with Gasteiger partial charge in [0.2, 0.25) is 5.91 Å². The first-order valence-corrected chi connectivity index (χ1v) is 10.5. The quantitative estimate of drug-likeness (QED) is 0.169. The van der Waals surface area contributed by atoms with E-state index in [0.29, 0.717) is 24.2 Å². The van der Waals surface area contributed by atoms with Crippen molar-refractivity contribution in [1.29, 1.82) is 0 Å². The minimum atomic E-state index is -0.677. The molecule has 4 amide bonds. The van der Waals surface area contributed by atoms with E-state index in [0.717, 1.165) is 0 Å². The molecule has 180 valence electrons. The second-order valence-corrected chi connectivity index (χ2v) is 7.80. The maximum Gasteiger partial charge on any atom is 0.435 e. The summed E-state index contributed by atoms with van der Waals surface area (Å²) in [6.45, 7) is 4.02. The van der Waals surface area contributed by atoms with E-state index in [2.05, 4.69) is 20.6 Å². The molecule has 1 aliphatic rings. The van der Waals surface area contributed by atoms with Crippen molar-refractivity contribution in [3.63, 3.8) is 0 Å². The van der Waals surface area contributed by atoms with Crippen LogP contribution in [0.2, 0.25) is 0 Å². The molecule has 1 fully saturated rings. The number of ether oxygens (including phenoxy) is 1. The Morgan fingerprint density at radius 1 is 1.24 bits per heavy atom. The predicted octanol–water partition coefficient (Wildman–Crippen LogP) is 0.751. The summed E-state index contributed by atoms with van der Waals surface area (Å²) in [5, 5.41) is 8.76. The highest BCUT2D eigenvalue weighted by molar-refractivity contribution is 6.02. The molecule has 0 aromatic heterocycles. The number of benzene rings is 1. The molecule has 0 radical (unpaired) electrons. The van der Waals surface area contributed by atoms with Gasteiger partial charge in [0.05, 0.1) is 12.5 Å². The van der Waals surface area contributed by atoms with Gasteiger partial charge < -0.3 is 30.9 Å². The summed E-state index contributed by atoms with van der Waals surface area (Å²) in [6, 6.07) is 5.46. The average Bonchev–Trinajstić information content (AvgIpc) is 3.11. The van der Waals surface area contributed by atoms with E-state index in [4.69, 9.17) is 10.5 Å². The number of nitrogens with zero attached hydrogens (tertiary/aromatic N) is 3. The third-order valence-electron chi connectivity index (χ3n) is 4.55. The first-order chi connectivity index (χ1) is 15.6. The molecular formula is C21H30N6O6. The normalized spacial score (nSPS) is 15.9. The van der Waals surface area contributed by atoms with Gasteiger partial charge in [-0.1, -0.05) is 5.16 Å². The van der Waals surface area contributed by atoms with Gasteiger partial charge in [0.15, 0.2) is 5.84 Å². The average molecular weight is 463 g/mol. The molecule has 1 aliphatic heterocycles. The summed E-state index contributed by atoms with van der Waals surface area (Å²) >= 11 is 0. The molecule has 1 heterocycles. The Morgan fingerprint density at radius 3 is 2.52 bits per heavy atom. The van der Waals surface area contributed by atoms with E-state index in [1.807, 2.05) is 0 Å². The maximum absolute atomic E-state index is 12.7. The third kappa shape index (κ3) is 7.66. The molecule has 1 saturated heterocycles. The highest BCUT2D eigenvalue weighted by atomic mass is 16.7. The van der Waals surface area contributed by atoms with Crippen LogP contribution in [0, 0.1) is 0 Å². The number of anilines is 1. The van der Waals surface area contributed by atoms with Crippen LogP contribution >= 0.6 is 0 Å². The number of hydrogen-bond donors (Lipinski definition) is 3. The maximum atomic E-state index is 12.7. The van der Waals surface area contributed by atoms with E-state index in [1.54, 1.807) is 43.0 Å². The molecular weight excluding hydrogens is 432 g/mol. The van der Waals surface area contributed by atoms with E-state index < -0.39 is 24.1 Å². The molecule has 12 nitrogen and oxygen atoms in total. The zero-order valence-electron chi connectivity index (χ0n) is 19.2. The largest absolute Gasteiger partial charge is 0.463 e. The van der Waals surface area contributed by atoms with Crippen molar-refractivity contribution in [2.75, 3.05) is 32.1 Å². The van der Waals surface area contributed by atoms with Crippen LogP contribution in [0.1, 0.15) is 32.3 Å². The third-order valence-corrected chi connectivity index (χ3v) is 4.55. The van der Waals surface area contributed by atoms with Crippen molar-refractivity contribution < 1.29 is 28.8 Å². The number of rotatable bonds is 8. The number of nitrogens with two attached hydrogens (primary N) is 1. The van der Waals surface area contributed by atoms with Crippen LogP contribution in [0.25, 0.3) is 0 Å². The summed E-state index contributed by atoms with van der Waals surface area (Å²) < 4.78 is 4.99. The lowest BCUT2D eigenvalue weighted by molar-refractivity contribution is -0.147. The van der Waals surface area contributed by atoms with E-state index in [-0.39, 0.29) is 30.8 Å². The number of oxime groups is 1. The molecule has 12 heteroatoms. The number of urea groups is 1. The van der Waals surface area contributed by atoms with Crippen LogP contribution in [0.4, 0.5) is 15.3 Å². The molecule has 0 bridgehead atoms. The second-order valence-electron chi connectivity index (χ2n) is 7.80. The van der Waals surface area contributed by atoms with Crippen molar-refractivity contribution in [1.82, 2.24) is 15.5 Å². The standard InChI is InChI=1S/C21H30N6O6/c1-13(2)32-17(28)9-11-23-20(30)24-16-10-12-27(19(16)29)15-7-5-14(6-8-15)18(22)25-33-21(31)26(3)4/h5-8,13,16H,9-12H2,1-4H3,(H2,22,25)(H2,23,24,30). The van der Waals surface area contributed by atoms with E-state index in [9.17, 15) is 19.2 Å². The van der Waals surface area contributed by atoms with Gasteiger partial charge in [0.25, 0.3) is 0 Å². The van der Waals surface area contributed by atoms with Gasteiger partial charge >= 0.3 is 18.1 Å². The van der Waals surface area contributed by atoms with Gasteiger partial charge in [0.1, 0.15) is 6.04 Å². The topological polar surface area (TPSA) is 156 Å². The van der Waals surface area contributed by atoms with E-state index in [1.165, 1.54) is 19.0 Å². The lowest BCUT2D eigenvalue weighted by Crippen LogP contribution is -2.46. The lowest BCUT2D eigenvalue weighted by Gasteiger charge is -2.18. The monoisotopic (exact) mass is 462 g/mol. The molecule has 1 aromatic rings. The molecule has 0 spiro atoms. The second kappa shape index (κ2) is 11.7. The number of amidine groups is 1. The number of esters is 1. The van der Waals surface area contributed by atoms with Gasteiger partial charge in [-0.3, -0.25) is 14.4 Å².